The number of nitriles is 1. The molecule has 0 bridgehead atoms. The highest BCUT2D eigenvalue weighted by atomic mass is 14.9. The molecule has 1 aliphatic rings. The standard InChI is InChI=1S/C12H22N2/c1-3-10-5-7-12(8-6-10)14-11(4-2)9-13/h10-12,14H,3-8H2,1-2H3. The second-order valence-electron chi connectivity index (χ2n) is 4.38. The van der Waals surface area contributed by atoms with E-state index in [1.807, 2.05) is 0 Å². The van der Waals surface area contributed by atoms with Crippen molar-refractivity contribution in [3.05, 3.63) is 0 Å². The molecule has 1 aliphatic carbocycles. The van der Waals surface area contributed by atoms with E-state index in [-0.39, 0.29) is 6.04 Å². The highest BCUT2D eigenvalue weighted by molar-refractivity contribution is 4.91. The van der Waals surface area contributed by atoms with Crippen LogP contribution in [0.5, 0.6) is 0 Å². The molecule has 0 aliphatic heterocycles. The monoisotopic (exact) mass is 194 g/mol. The van der Waals surface area contributed by atoms with E-state index in [4.69, 9.17) is 5.26 Å². The lowest BCUT2D eigenvalue weighted by atomic mass is 9.84. The Labute approximate surface area is 87.7 Å². The predicted octanol–water partition coefficient (Wildman–Crippen LogP) is 2.85. The second kappa shape index (κ2) is 6.03. The van der Waals surface area contributed by atoms with Gasteiger partial charge >= 0.3 is 0 Å². The third-order valence-electron chi connectivity index (χ3n) is 3.43. The molecule has 14 heavy (non-hydrogen) atoms. The topological polar surface area (TPSA) is 35.8 Å². The van der Waals surface area contributed by atoms with Crippen molar-refractivity contribution in [1.82, 2.24) is 5.32 Å². The van der Waals surface area contributed by atoms with Gasteiger partial charge in [0.2, 0.25) is 0 Å². The minimum absolute atomic E-state index is 0.0678. The van der Waals surface area contributed by atoms with Crippen LogP contribution in [0.1, 0.15) is 52.4 Å². The minimum Gasteiger partial charge on any atom is -0.299 e. The maximum Gasteiger partial charge on any atom is 0.0952 e. The van der Waals surface area contributed by atoms with Crippen molar-refractivity contribution >= 4 is 0 Å². The summed E-state index contributed by atoms with van der Waals surface area (Å²) < 4.78 is 0. The summed E-state index contributed by atoms with van der Waals surface area (Å²) >= 11 is 0. The van der Waals surface area contributed by atoms with Gasteiger partial charge in [0, 0.05) is 6.04 Å². The molecule has 1 atom stereocenters. The van der Waals surface area contributed by atoms with Gasteiger partial charge in [0.05, 0.1) is 12.1 Å². The average Bonchev–Trinajstić information content (AvgIpc) is 2.26. The van der Waals surface area contributed by atoms with Crippen LogP contribution in [-0.4, -0.2) is 12.1 Å². The molecular formula is C12H22N2. The zero-order chi connectivity index (χ0) is 10.4. The van der Waals surface area contributed by atoms with Crippen LogP contribution in [0.2, 0.25) is 0 Å². The zero-order valence-corrected chi connectivity index (χ0v) is 9.42. The van der Waals surface area contributed by atoms with Crippen LogP contribution in [-0.2, 0) is 0 Å². The third-order valence-corrected chi connectivity index (χ3v) is 3.43. The summed E-state index contributed by atoms with van der Waals surface area (Å²) in [6, 6.07) is 2.98. The van der Waals surface area contributed by atoms with Crippen LogP contribution >= 0.6 is 0 Å². The summed E-state index contributed by atoms with van der Waals surface area (Å²) in [5.74, 6) is 0.940. The van der Waals surface area contributed by atoms with Gasteiger partial charge < -0.3 is 0 Å². The Bertz CT molecular complexity index is 187. The number of nitrogens with zero attached hydrogens (tertiary/aromatic N) is 1. The summed E-state index contributed by atoms with van der Waals surface area (Å²) in [4.78, 5) is 0. The van der Waals surface area contributed by atoms with Crippen molar-refractivity contribution < 1.29 is 0 Å². The van der Waals surface area contributed by atoms with Crippen LogP contribution in [0.4, 0.5) is 0 Å². The predicted molar refractivity (Wildman–Crippen MR) is 58.9 cm³/mol. The molecule has 0 aromatic heterocycles. The molecule has 1 unspecified atom stereocenters. The molecule has 0 radical (unpaired) electrons. The minimum atomic E-state index is 0.0678. The molecule has 0 spiro atoms. The highest BCUT2D eigenvalue weighted by Gasteiger charge is 2.21. The molecule has 1 fully saturated rings. The van der Waals surface area contributed by atoms with Crippen molar-refractivity contribution in [2.45, 2.75) is 64.5 Å². The molecule has 80 valence electrons. The molecule has 0 saturated heterocycles. The Hall–Kier alpha value is -0.550. The van der Waals surface area contributed by atoms with Gasteiger partial charge in [-0.1, -0.05) is 20.3 Å². The Balaban J connectivity index is 2.25. The first kappa shape index (κ1) is 11.5. The first-order valence-electron chi connectivity index (χ1n) is 5.95. The second-order valence-corrected chi connectivity index (χ2v) is 4.38. The van der Waals surface area contributed by atoms with E-state index in [1.165, 1.54) is 32.1 Å². The number of hydrogen-bond acceptors (Lipinski definition) is 2. The van der Waals surface area contributed by atoms with Crippen LogP contribution in [0.3, 0.4) is 0 Å². The van der Waals surface area contributed by atoms with Crippen LogP contribution in [0, 0.1) is 17.2 Å². The van der Waals surface area contributed by atoms with Crippen molar-refractivity contribution in [3.8, 4) is 6.07 Å². The van der Waals surface area contributed by atoms with Crippen LogP contribution < -0.4 is 5.32 Å². The molecule has 0 aromatic carbocycles. The number of rotatable bonds is 4. The number of nitrogens with one attached hydrogen (secondary N) is 1. The fourth-order valence-corrected chi connectivity index (χ4v) is 2.27. The van der Waals surface area contributed by atoms with Gasteiger partial charge in [-0.3, -0.25) is 5.32 Å². The first-order valence-corrected chi connectivity index (χ1v) is 5.95. The molecule has 1 saturated carbocycles. The maximum atomic E-state index is 8.84. The summed E-state index contributed by atoms with van der Waals surface area (Å²) in [7, 11) is 0. The lowest BCUT2D eigenvalue weighted by Crippen LogP contribution is -2.39. The van der Waals surface area contributed by atoms with Gasteiger partial charge in [-0.25, -0.2) is 0 Å². The maximum absolute atomic E-state index is 8.84. The van der Waals surface area contributed by atoms with Gasteiger partial charge in [-0.05, 0) is 38.0 Å². The third kappa shape index (κ3) is 3.31. The molecule has 0 aromatic rings. The molecule has 2 nitrogen and oxygen atoms in total. The Kier molecular flexibility index (Phi) is 4.97. The van der Waals surface area contributed by atoms with E-state index in [1.54, 1.807) is 0 Å². The van der Waals surface area contributed by atoms with E-state index in [0.29, 0.717) is 6.04 Å². The fraction of sp³-hybridized carbons (Fsp3) is 0.917. The lowest BCUT2D eigenvalue weighted by molar-refractivity contribution is 0.277. The van der Waals surface area contributed by atoms with Gasteiger partial charge in [-0.15, -0.1) is 0 Å². The van der Waals surface area contributed by atoms with Gasteiger partial charge in [-0.2, -0.15) is 5.26 Å². The van der Waals surface area contributed by atoms with E-state index in [0.717, 1.165) is 12.3 Å². The van der Waals surface area contributed by atoms with Gasteiger partial charge in [0.15, 0.2) is 0 Å². The molecule has 2 heteroatoms. The summed E-state index contributed by atoms with van der Waals surface area (Å²) in [6.07, 6.45) is 7.45. The van der Waals surface area contributed by atoms with E-state index in [9.17, 15) is 0 Å². The van der Waals surface area contributed by atoms with E-state index < -0.39 is 0 Å². The van der Waals surface area contributed by atoms with Crippen molar-refractivity contribution in [3.63, 3.8) is 0 Å². The first-order chi connectivity index (χ1) is 6.80. The van der Waals surface area contributed by atoms with Crippen molar-refractivity contribution in [2.75, 3.05) is 0 Å². The quantitative estimate of drug-likeness (QED) is 0.747. The highest BCUT2D eigenvalue weighted by Crippen LogP contribution is 2.26. The Morgan fingerprint density at radius 1 is 1.29 bits per heavy atom. The summed E-state index contributed by atoms with van der Waals surface area (Å²) in [5.41, 5.74) is 0. The largest absolute Gasteiger partial charge is 0.299 e. The average molecular weight is 194 g/mol. The van der Waals surface area contributed by atoms with Crippen molar-refractivity contribution in [2.24, 2.45) is 5.92 Å². The fourth-order valence-electron chi connectivity index (χ4n) is 2.27. The SMILES string of the molecule is CCC1CCC(NC(C#N)CC)CC1. The molecule has 0 amide bonds. The zero-order valence-electron chi connectivity index (χ0n) is 9.42. The Morgan fingerprint density at radius 2 is 1.93 bits per heavy atom. The van der Waals surface area contributed by atoms with E-state index in [2.05, 4.69) is 25.2 Å². The van der Waals surface area contributed by atoms with Gasteiger partial charge in [0.1, 0.15) is 0 Å². The van der Waals surface area contributed by atoms with Crippen LogP contribution in [0.25, 0.3) is 0 Å². The smallest absolute Gasteiger partial charge is 0.0952 e. The molecule has 1 N–H and O–H groups in total. The molecule has 0 heterocycles. The van der Waals surface area contributed by atoms with E-state index >= 15 is 0 Å². The van der Waals surface area contributed by atoms with Crippen LogP contribution in [0.15, 0.2) is 0 Å². The van der Waals surface area contributed by atoms with Crippen molar-refractivity contribution in [1.29, 1.82) is 5.26 Å². The molecular weight excluding hydrogens is 172 g/mol. The van der Waals surface area contributed by atoms with Gasteiger partial charge in [0.25, 0.3) is 0 Å². The Morgan fingerprint density at radius 3 is 2.36 bits per heavy atom. The summed E-state index contributed by atoms with van der Waals surface area (Å²) in [6.45, 7) is 4.35. The summed E-state index contributed by atoms with van der Waals surface area (Å²) in [5, 5.41) is 12.3. The molecule has 1 rings (SSSR count). The number of hydrogen-bond donors (Lipinski definition) is 1. The normalized spacial score (nSPS) is 29.5. The lowest BCUT2D eigenvalue weighted by Gasteiger charge is -2.29.